The van der Waals surface area contributed by atoms with Crippen LogP contribution in [-0.2, 0) is 16.0 Å². The van der Waals surface area contributed by atoms with Crippen molar-refractivity contribution in [3.05, 3.63) is 74.9 Å². The molecule has 11 heteroatoms. The molecule has 0 radical (unpaired) electrons. The zero-order valence-corrected chi connectivity index (χ0v) is 22.0. The molecule has 6 rings (SSSR count). The number of carbonyl (C=O) groups is 4. The second kappa shape index (κ2) is 9.81. The third kappa shape index (κ3) is 4.47. The van der Waals surface area contributed by atoms with Gasteiger partial charge in [-0.05, 0) is 47.5 Å². The van der Waals surface area contributed by atoms with Gasteiger partial charge in [0.25, 0.3) is 11.8 Å². The number of ketones is 1. The van der Waals surface area contributed by atoms with Crippen LogP contribution >= 0.6 is 34.0 Å². The average Bonchev–Trinajstić information content (AvgIpc) is 3.71. The van der Waals surface area contributed by atoms with E-state index in [4.69, 9.17) is 0 Å². The number of pyridine rings is 1. The van der Waals surface area contributed by atoms with Gasteiger partial charge >= 0.3 is 0 Å². The maximum atomic E-state index is 13.8. The number of thiophene rings is 3. The number of carbonyl (C=O) groups excluding carboxylic acids is 4. The highest BCUT2D eigenvalue weighted by Gasteiger charge is 2.52. The Hall–Kier alpha value is -3.41. The minimum absolute atomic E-state index is 0.0532. The molecular weight excluding hydrogens is 529 g/mol. The fraction of sp³-hybridized carbons (Fsp3) is 0.269. The number of nitrogens with zero attached hydrogens (tertiary/aromatic N) is 3. The zero-order chi connectivity index (χ0) is 25.5. The summed E-state index contributed by atoms with van der Waals surface area (Å²) < 4.78 is 2.07. The minimum atomic E-state index is -0.821. The van der Waals surface area contributed by atoms with E-state index in [-0.39, 0.29) is 35.7 Å². The van der Waals surface area contributed by atoms with Crippen LogP contribution in [0.15, 0.2) is 59.4 Å². The largest absolute Gasteiger partial charge is 0.339 e. The molecule has 4 aromatic heterocycles. The molecule has 0 bridgehead atoms. The zero-order valence-electron chi connectivity index (χ0n) is 19.5. The molecule has 37 heavy (non-hydrogen) atoms. The van der Waals surface area contributed by atoms with Crippen molar-refractivity contribution in [1.29, 1.82) is 0 Å². The summed E-state index contributed by atoms with van der Waals surface area (Å²) in [6, 6.07) is 10.8. The summed E-state index contributed by atoms with van der Waals surface area (Å²) >= 11 is 4.48. The Labute approximate surface area is 224 Å². The molecule has 0 spiro atoms. The van der Waals surface area contributed by atoms with Gasteiger partial charge in [-0.15, -0.1) is 34.0 Å². The van der Waals surface area contributed by atoms with Gasteiger partial charge < -0.3 is 15.1 Å². The van der Waals surface area contributed by atoms with Crippen LogP contribution in [0.25, 0.3) is 9.40 Å². The predicted molar refractivity (Wildman–Crippen MR) is 143 cm³/mol. The standard InChI is InChI=1S/C26H22N4O4S3/c31-19-14-30(25(33)16-5-1-2-8-27-16)18-6-9-29(23(18)19)26(34)17(12-15-4-3-10-35-15)28-24(32)22-13-21-20(37-22)7-11-36-21/h1-5,7-8,10-11,13,17-18,23H,6,9,12,14H2,(H,28,32). The van der Waals surface area contributed by atoms with Gasteiger partial charge in [0.05, 0.1) is 17.5 Å². The Morgan fingerprint density at radius 1 is 1.05 bits per heavy atom. The van der Waals surface area contributed by atoms with E-state index in [1.807, 2.05) is 35.0 Å². The molecule has 3 atom stereocenters. The van der Waals surface area contributed by atoms with E-state index in [0.717, 1.165) is 14.3 Å². The first-order chi connectivity index (χ1) is 18.0. The number of fused-ring (bicyclic) bond motifs is 2. The van der Waals surface area contributed by atoms with Crippen molar-refractivity contribution in [3.8, 4) is 0 Å². The van der Waals surface area contributed by atoms with E-state index in [0.29, 0.717) is 24.3 Å². The maximum Gasteiger partial charge on any atom is 0.273 e. The summed E-state index contributed by atoms with van der Waals surface area (Å²) in [5.74, 6) is -1.08. The van der Waals surface area contributed by atoms with E-state index in [1.54, 1.807) is 40.6 Å². The molecule has 4 aromatic rings. The van der Waals surface area contributed by atoms with E-state index in [9.17, 15) is 19.2 Å². The van der Waals surface area contributed by atoms with Crippen LogP contribution in [0.5, 0.6) is 0 Å². The monoisotopic (exact) mass is 550 g/mol. The first-order valence-electron chi connectivity index (χ1n) is 11.8. The lowest BCUT2D eigenvalue weighted by Gasteiger charge is -2.28. The Bertz CT molecular complexity index is 1450. The van der Waals surface area contributed by atoms with Crippen molar-refractivity contribution < 1.29 is 19.2 Å². The Morgan fingerprint density at radius 2 is 1.95 bits per heavy atom. The van der Waals surface area contributed by atoms with Crippen LogP contribution in [-0.4, -0.2) is 69.5 Å². The van der Waals surface area contributed by atoms with Crippen LogP contribution in [0.4, 0.5) is 0 Å². The molecular formula is C26H22N4O4S3. The summed E-state index contributed by atoms with van der Waals surface area (Å²) in [4.78, 5) is 61.9. The van der Waals surface area contributed by atoms with E-state index >= 15 is 0 Å². The SMILES string of the molecule is O=C(NC(Cc1cccs1)C(=O)N1CCC2C1C(=O)CN2C(=O)c1ccccn1)c1cc2sccc2s1. The molecule has 3 unspecified atom stereocenters. The molecule has 1 N–H and O–H groups in total. The number of aromatic nitrogens is 1. The van der Waals surface area contributed by atoms with Gasteiger partial charge in [0.15, 0.2) is 5.78 Å². The lowest BCUT2D eigenvalue weighted by Crippen LogP contribution is -2.53. The first-order valence-corrected chi connectivity index (χ1v) is 14.4. The molecule has 2 aliphatic rings. The molecule has 8 nitrogen and oxygen atoms in total. The summed E-state index contributed by atoms with van der Waals surface area (Å²) in [7, 11) is 0. The van der Waals surface area contributed by atoms with Crippen LogP contribution in [0.2, 0.25) is 0 Å². The van der Waals surface area contributed by atoms with Gasteiger partial charge in [0.1, 0.15) is 17.8 Å². The van der Waals surface area contributed by atoms with E-state index in [1.165, 1.54) is 27.6 Å². The van der Waals surface area contributed by atoms with Gasteiger partial charge in [-0.2, -0.15) is 0 Å². The molecule has 0 aliphatic carbocycles. The van der Waals surface area contributed by atoms with Crippen molar-refractivity contribution in [1.82, 2.24) is 20.1 Å². The molecule has 0 saturated carbocycles. The predicted octanol–water partition coefficient (Wildman–Crippen LogP) is 3.46. The van der Waals surface area contributed by atoms with Gasteiger partial charge in [-0.1, -0.05) is 12.1 Å². The van der Waals surface area contributed by atoms with Crippen molar-refractivity contribution in [3.63, 3.8) is 0 Å². The highest BCUT2D eigenvalue weighted by molar-refractivity contribution is 7.27. The van der Waals surface area contributed by atoms with Crippen LogP contribution in [0, 0.1) is 0 Å². The molecule has 2 saturated heterocycles. The Balaban J connectivity index is 1.23. The average molecular weight is 551 g/mol. The number of amides is 3. The molecule has 0 aromatic carbocycles. The second-order valence-electron chi connectivity index (χ2n) is 9.02. The number of hydrogen-bond acceptors (Lipinski definition) is 8. The van der Waals surface area contributed by atoms with Gasteiger partial charge in [-0.25, -0.2) is 0 Å². The van der Waals surface area contributed by atoms with Gasteiger partial charge in [-0.3, -0.25) is 24.2 Å². The van der Waals surface area contributed by atoms with Gasteiger partial charge in [0.2, 0.25) is 5.91 Å². The fourth-order valence-corrected chi connectivity index (χ4v) is 7.88. The van der Waals surface area contributed by atoms with Crippen molar-refractivity contribution in [2.24, 2.45) is 0 Å². The normalized spacial score (nSPS) is 19.8. The highest BCUT2D eigenvalue weighted by Crippen LogP contribution is 2.32. The highest BCUT2D eigenvalue weighted by atomic mass is 32.1. The smallest absolute Gasteiger partial charge is 0.273 e. The number of rotatable bonds is 6. The summed E-state index contributed by atoms with van der Waals surface area (Å²) in [5.41, 5.74) is 0.277. The Morgan fingerprint density at radius 3 is 2.70 bits per heavy atom. The minimum Gasteiger partial charge on any atom is -0.339 e. The van der Waals surface area contributed by atoms with E-state index in [2.05, 4.69) is 10.3 Å². The first kappa shape index (κ1) is 24.0. The summed E-state index contributed by atoms with van der Waals surface area (Å²) in [5, 5.41) is 6.86. The quantitative estimate of drug-likeness (QED) is 0.397. The molecule has 6 heterocycles. The molecule has 188 valence electrons. The summed E-state index contributed by atoms with van der Waals surface area (Å²) in [6.07, 6.45) is 2.38. The Kier molecular flexibility index (Phi) is 6.35. The van der Waals surface area contributed by atoms with Crippen LogP contribution < -0.4 is 5.32 Å². The molecule has 2 aliphatic heterocycles. The molecule has 3 amide bonds. The lowest BCUT2D eigenvalue weighted by molar-refractivity contribution is -0.138. The van der Waals surface area contributed by atoms with Crippen molar-refractivity contribution in [2.75, 3.05) is 13.1 Å². The maximum absolute atomic E-state index is 13.8. The number of Topliss-reactive ketones (excluding diaryl/α,β-unsaturated/α-hetero) is 1. The van der Waals surface area contributed by atoms with Crippen molar-refractivity contribution in [2.45, 2.75) is 31.0 Å². The second-order valence-corrected chi connectivity index (χ2v) is 12.1. The van der Waals surface area contributed by atoms with Crippen LogP contribution in [0.3, 0.4) is 0 Å². The summed E-state index contributed by atoms with van der Waals surface area (Å²) in [6.45, 7) is 0.292. The van der Waals surface area contributed by atoms with E-state index < -0.39 is 18.1 Å². The topological polar surface area (TPSA) is 99.7 Å². The van der Waals surface area contributed by atoms with Gasteiger partial charge in [0, 0.05) is 33.4 Å². The number of nitrogens with one attached hydrogen (secondary N) is 1. The lowest BCUT2D eigenvalue weighted by atomic mass is 10.1. The number of likely N-dealkylation sites (tertiary alicyclic amines) is 2. The van der Waals surface area contributed by atoms with Crippen molar-refractivity contribution >= 4 is 66.9 Å². The number of hydrogen-bond donors (Lipinski definition) is 1. The van der Waals surface area contributed by atoms with Crippen LogP contribution in [0.1, 0.15) is 31.5 Å². The fourth-order valence-electron chi connectivity index (χ4n) is 5.11. The third-order valence-corrected chi connectivity index (χ3v) is 9.79. The molecule has 2 fully saturated rings. The third-order valence-electron chi connectivity index (χ3n) is 6.80.